The summed E-state index contributed by atoms with van der Waals surface area (Å²) in [7, 11) is -3.06. The first-order valence-corrected chi connectivity index (χ1v) is 7.70. The van der Waals surface area contributed by atoms with Crippen molar-refractivity contribution in [1.82, 2.24) is 15.5 Å². The summed E-state index contributed by atoms with van der Waals surface area (Å²) < 4.78 is 23.0. The second-order valence-corrected chi connectivity index (χ2v) is 7.49. The molecular weight excluding hydrogens is 264 g/mol. The number of aromatic nitrogens is 2. The molecule has 92 valence electrons. The Morgan fingerprint density at radius 2 is 2.18 bits per heavy atom. The Hall–Kier alpha value is -1.22. The van der Waals surface area contributed by atoms with Gasteiger partial charge in [0, 0.05) is 0 Å². The number of anilines is 1. The lowest BCUT2D eigenvalue weighted by atomic mass is 10.2. The molecule has 9 heteroatoms. The predicted molar refractivity (Wildman–Crippen MR) is 61.9 cm³/mol. The fourth-order valence-electron chi connectivity index (χ4n) is 2.21. The van der Waals surface area contributed by atoms with Crippen molar-refractivity contribution in [2.75, 3.05) is 16.4 Å². The van der Waals surface area contributed by atoms with E-state index in [9.17, 15) is 13.2 Å². The smallest absolute Gasteiger partial charge is 0.324 e. The first-order valence-electron chi connectivity index (χ1n) is 5.06. The van der Waals surface area contributed by atoms with Gasteiger partial charge in [-0.25, -0.2) is 13.2 Å². The van der Waals surface area contributed by atoms with Crippen LogP contribution in [-0.2, 0) is 9.84 Å². The van der Waals surface area contributed by atoms with E-state index in [0.717, 1.165) is 5.01 Å². The Balaban J connectivity index is 1.97. The highest BCUT2D eigenvalue weighted by molar-refractivity contribution is 7.91. The van der Waals surface area contributed by atoms with Crippen LogP contribution < -0.4 is 10.2 Å². The third-order valence-electron chi connectivity index (χ3n) is 2.90. The van der Waals surface area contributed by atoms with Crippen molar-refractivity contribution in [2.45, 2.75) is 19.0 Å². The summed E-state index contributed by atoms with van der Waals surface area (Å²) in [5.41, 5.74) is 0. The molecule has 17 heavy (non-hydrogen) atoms. The van der Waals surface area contributed by atoms with E-state index in [1.807, 2.05) is 0 Å². The molecule has 2 amide bonds. The third kappa shape index (κ3) is 1.69. The number of nitrogens with zero attached hydrogens (tertiary/aromatic N) is 3. The van der Waals surface area contributed by atoms with Crippen molar-refractivity contribution in [2.24, 2.45) is 0 Å². The maximum Gasteiger partial charge on any atom is 0.324 e. The summed E-state index contributed by atoms with van der Waals surface area (Å²) in [6.07, 6.45) is 0. The van der Waals surface area contributed by atoms with E-state index < -0.39 is 9.84 Å². The van der Waals surface area contributed by atoms with Gasteiger partial charge >= 0.3 is 6.03 Å². The van der Waals surface area contributed by atoms with Gasteiger partial charge in [0.25, 0.3) is 0 Å². The zero-order valence-corrected chi connectivity index (χ0v) is 10.6. The summed E-state index contributed by atoms with van der Waals surface area (Å²) in [6.45, 7) is 1.79. The molecule has 0 radical (unpaired) electrons. The molecule has 2 atom stereocenters. The van der Waals surface area contributed by atoms with Crippen LogP contribution in [0.2, 0.25) is 0 Å². The van der Waals surface area contributed by atoms with Gasteiger partial charge in [0.05, 0.1) is 23.6 Å². The van der Waals surface area contributed by atoms with E-state index in [-0.39, 0.29) is 29.6 Å². The summed E-state index contributed by atoms with van der Waals surface area (Å²) in [5.74, 6) is 0.00667. The SMILES string of the molecule is Cc1nnc(N2C(=O)N[C@H]3CS(=O)(=O)C[C@H]32)s1. The van der Waals surface area contributed by atoms with E-state index in [2.05, 4.69) is 15.5 Å². The Morgan fingerprint density at radius 1 is 1.41 bits per heavy atom. The van der Waals surface area contributed by atoms with Crippen molar-refractivity contribution < 1.29 is 13.2 Å². The normalized spacial score (nSPS) is 30.4. The highest BCUT2D eigenvalue weighted by Gasteiger charge is 2.50. The number of carbonyl (C=O) groups is 1. The van der Waals surface area contributed by atoms with Crippen molar-refractivity contribution in [1.29, 1.82) is 0 Å². The summed E-state index contributed by atoms with van der Waals surface area (Å²) >= 11 is 1.29. The zero-order chi connectivity index (χ0) is 12.2. The summed E-state index contributed by atoms with van der Waals surface area (Å²) in [4.78, 5) is 13.2. The molecule has 1 aromatic rings. The first-order chi connectivity index (χ1) is 7.96. The molecular formula is C8H10N4O3S2. The van der Waals surface area contributed by atoms with Gasteiger partial charge in [-0.05, 0) is 6.92 Å². The molecule has 0 aliphatic carbocycles. The Labute approximate surface area is 102 Å². The van der Waals surface area contributed by atoms with Crippen LogP contribution >= 0.6 is 11.3 Å². The summed E-state index contributed by atoms with van der Waals surface area (Å²) in [6, 6.07) is -0.956. The monoisotopic (exact) mass is 274 g/mol. The molecule has 2 aliphatic rings. The predicted octanol–water partition coefficient (Wildman–Crippen LogP) is -0.458. The van der Waals surface area contributed by atoms with E-state index in [0.29, 0.717) is 5.13 Å². The molecule has 0 aromatic carbocycles. The molecule has 2 fully saturated rings. The van der Waals surface area contributed by atoms with Gasteiger partial charge in [0.15, 0.2) is 9.84 Å². The van der Waals surface area contributed by atoms with Gasteiger partial charge < -0.3 is 5.32 Å². The van der Waals surface area contributed by atoms with Crippen LogP contribution in [0.4, 0.5) is 9.93 Å². The van der Waals surface area contributed by atoms with Crippen molar-refractivity contribution >= 4 is 32.3 Å². The molecule has 0 spiro atoms. The van der Waals surface area contributed by atoms with Crippen LogP contribution in [0.1, 0.15) is 5.01 Å². The lowest BCUT2D eigenvalue weighted by Crippen LogP contribution is -2.36. The largest absolute Gasteiger partial charge is 0.332 e. The van der Waals surface area contributed by atoms with E-state index in [1.54, 1.807) is 6.92 Å². The van der Waals surface area contributed by atoms with E-state index in [1.165, 1.54) is 16.2 Å². The molecule has 1 N–H and O–H groups in total. The van der Waals surface area contributed by atoms with Crippen molar-refractivity contribution in [3.8, 4) is 0 Å². The second-order valence-electron chi connectivity index (χ2n) is 4.17. The number of hydrogen-bond donors (Lipinski definition) is 1. The number of rotatable bonds is 1. The van der Waals surface area contributed by atoms with Crippen LogP contribution in [0.3, 0.4) is 0 Å². The number of amides is 2. The lowest BCUT2D eigenvalue weighted by Gasteiger charge is -2.16. The molecule has 0 saturated carbocycles. The number of carbonyl (C=O) groups excluding carboxylic acids is 1. The fraction of sp³-hybridized carbons (Fsp3) is 0.625. The molecule has 3 rings (SSSR count). The minimum atomic E-state index is -3.06. The average molecular weight is 274 g/mol. The maximum atomic E-state index is 11.8. The van der Waals surface area contributed by atoms with Gasteiger partial charge in [-0.1, -0.05) is 11.3 Å². The van der Waals surface area contributed by atoms with Gasteiger partial charge in [-0.15, -0.1) is 10.2 Å². The maximum absolute atomic E-state index is 11.8. The molecule has 2 aliphatic heterocycles. The molecule has 1 aromatic heterocycles. The van der Waals surface area contributed by atoms with E-state index >= 15 is 0 Å². The highest BCUT2D eigenvalue weighted by atomic mass is 32.2. The lowest BCUT2D eigenvalue weighted by molar-refractivity contribution is 0.251. The fourth-order valence-corrected chi connectivity index (χ4v) is 4.85. The quantitative estimate of drug-likeness (QED) is 0.700. The van der Waals surface area contributed by atoms with Gasteiger partial charge in [0.2, 0.25) is 5.13 Å². The zero-order valence-electron chi connectivity index (χ0n) is 8.95. The molecule has 2 saturated heterocycles. The van der Waals surface area contributed by atoms with Gasteiger partial charge in [0.1, 0.15) is 5.01 Å². The summed E-state index contributed by atoms with van der Waals surface area (Å²) in [5, 5.41) is 11.6. The molecule has 3 heterocycles. The van der Waals surface area contributed by atoms with Crippen LogP contribution in [0.15, 0.2) is 0 Å². The topological polar surface area (TPSA) is 92.3 Å². The van der Waals surface area contributed by atoms with Crippen molar-refractivity contribution in [3.05, 3.63) is 5.01 Å². The van der Waals surface area contributed by atoms with Gasteiger partial charge in [-0.2, -0.15) is 0 Å². The Kier molecular flexibility index (Phi) is 2.17. The standard InChI is InChI=1S/C8H10N4O3S2/c1-4-10-11-8(16-4)12-6-3-17(14,15)2-5(6)9-7(12)13/h5-6H,2-3H2,1H3,(H,9,13)/t5-,6+/m0/s1. The van der Waals surface area contributed by atoms with Gasteiger partial charge in [-0.3, -0.25) is 4.90 Å². The Morgan fingerprint density at radius 3 is 2.82 bits per heavy atom. The molecule has 0 unspecified atom stereocenters. The minimum absolute atomic E-state index is 0.00493. The number of urea groups is 1. The number of aryl methyl sites for hydroxylation is 1. The van der Waals surface area contributed by atoms with Crippen LogP contribution in [-0.4, -0.2) is 48.2 Å². The average Bonchev–Trinajstić information content (AvgIpc) is 2.78. The second kappa shape index (κ2) is 3.39. The number of hydrogen-bond acceptors (Lipinski definition) is 6. The van der Waals surface area contributed by atoms with Crippen molar-refractivity contribution in [3.63, 3.8) is 0 Å². The van der Waals surface area contributed by atoms with E-state index in [4.69, 9.17) is 0 Å². The van der Waals surface area contributed by atoms with Crippen LogP contribution in [0.5, 0.6) is 0 Å². The third-order valence-corrected chi connectivity index (χ3v) is 5.46. The number of nitrogens with one attached hydrogen (secondary N) is 1. The minimum Gasteiger partial charge on any atom is -0.332 e. The highest BCUT2D eigenvalue weighted by Crippen LogP contribution is 2.30. The first kappa shape index (κ1) is 10.9. The number of fused-ring (bicyclic) bond motifs is 1. The Bertz CT molecular complexity index is 581. The van der Waals surface area contributed by atoms with Crippen LogP contribution in [0, 0.1) is 6.92 Å². The number of sulfone groups is 1. The molecule has 0 bridgehead atoms. The van der Waals surface area contributed by atoms with Crippen LogP contribution in [0.25, 0.3) is 0 Å². The molecule has 7 nitrogen and oxygen atoms in total.